The van der Waals surface area contributed by atoms with Crippen molar-refractivity contribution in [1.82, 2.24) is 8.96 Å². The molecule has 114 valence electrons. The third kappa shape index (κ3) is 2.45. The van der Waals surface area contributed by atoms with Crippen molar-refractivity contribution in [2.45, 2.75) is 17.9 Å². The highest BCUT2D eigenvalue weighted by Crippen LogP contribution is 2.28. The number of halogens is 1. The highest BCUT2D eigenvalue weighted by Gasteiger charge is 2.24. The van der Waals surface area contributed by atoms with E-state index in [1.54, 1.807) is 55.7 Å². The lowest BCUT2D eigenvalue weighted by atomic mass is 10.2. The van der Waals surface area contributed by atoms with E-state index in [0.29, 0.717) is 11.2 Å². The van der Waals surface area contributed by atoms with Gasteiger partial charge in [0.1, 0.15) is 0 Å². The minimum Gasteiger partial charge on any atom is -0.323 e. The van der Waals surface area contributed by atoms with Crippen LogP contribution in [0.3, 0.4) is 0 Å². The zero-order chi connectivity index (χ0) is 15.9. The van der Waals surface area contributed by atoms with Crippen LogP contribution in [0.1, 0.15) is 18.7 Å². The van der Waals surface area contributed by atoms with Crippen molar-refractivity contribution in [3.05, 3.63) is 59.0 Å². The van der Waals surface area contributed by atoms with Crippen LogP contribution in [-0.4, -0.2) is 17.4 Å². The van der Waals surface area contributed by atoms with E-state index < -0.39 is 16.1 Å². The van der Waals surface area contributed by atoms with Crippen LogP contribution in [0.2, 0.25) is 0 Å². The average Bonchev–Trinajstić information content (AvgIpc) is 2.88. The summed E-state index contributed by atoms with van der Waals surface area (Å²) in [5, 5.41) is 0.746. The number of aromatic nitrogens is 2. The van der Waals surface area contributed by atoms with E-state index in [1.807, 2.05) is 0 Å². The lowest BCUT2D eigenvalue weighted by molar-refractivity contribution is 0.584. The summed E-state index contributed by atoms with van der Waals surface area (Å²) in [4.78, 5) is 4.25. The van der Waals surface area contributed by atoms with Gasteiger partial charge >= 0.3 is 0 Å². The lowest BCUT2D eigenvalue weighted by Gasteiger charge is -2.14. The Morgan fingerprint density at radius 3 is 2.55 bits per heavy atom. The van der Waals surface area contributed by atoms with Crippen molar-refractivity contribution in [1.29, 1.82) is 0 Å². The van der Waals surface area contributed by atoms with E-state index in [4.69, 9.17) is 5.73 Å². The number of nitrogens with two attached hydrogens (primary N) is 1. The fourth-order valence-corrected chi connectivity index (χ4v) is 4.23. The molecule has 0 aliphatic heterocycles. The second-order valence-corrected chi connectivity index (χ2v) is 7.72. The summed E-state index contributed by atoms with van der Waals surface area (Å²) in [6, 6.07) is 9.56. The molecule has 22 heavy (non-hydrogen) atoms. The number of hydrogen-bond acceptors (Lipinski definition) is 4. The predicted octanol–water partition coefficient (Wildman–Crippen LogP) is 3.06. The molecule has 0 bridgehead atoms. The first-order valence-corrected chi connectivity index (χ1v) is 8.86. The summed E-state index contributed by atoms with van der Waals surface area (Å²) < 4.78 is 28.2. The average molecular weight is 380 g/mol. The Morgan fingerprint density at radius 2 is 1.91 bits per heavy atom. The number of benzene rings is 1. The molecule has 0 aliphatic rings. The monoisotopic (exact) mass is 379 g/mol. The third-order valence-electron chi connectivity index (χ3n) is 3.40. The molecule has 0 saturated heterocycles. The van der Waals surface area contributed by atoms with Crippen molar-refractivity contribution in [3.8, 4) is 0 Å². The summed E-state index contributed by atoms with van der Waals surface area (Å²) in [6.45, 7) is 1.76. The third-order valence-corrected chi connectivity index (χ3v) is 5.69. The predicted molar refractivity (Wildman–Crippen MR) is 89.1 cm³/mol. The summed E-state index contributed by atoms with van der Waals surface area (Å²) in [5.41, 5.74) is 7.07. The molecule has 2 aromatic heterocycles. The van der Waals surface area contributed by atoms with Gasteiger partial charge in [-0.1, -0.05) is 15.9 Å². The van der Waals surface area contributed by atoms with Gasteiger partial charge < -0.3 is 5.73 Å². The zero-order valence-electron chi connectivity index (χ0n) is 11.8. The van der Waals surface area contributed by atoms with Gasteiger partial charge in [0.05, 0.1) is 16.1 Å². The molecule has 2 N–H and O–H groups in total. The first-order chi connectivity index (χ1) is 10.4. The van der Waals surface area contributed by atoms with E-state index in [0.717, 1.165) is 9.86 Å². The minimum absolute atomic E-state index is 0.215. The van der Waals surface area contributed by atoms with Crippen LogP contribution in [0.25, 0.3) is 10.9 Å². The Morgan fingerprint density at radius 1 is 1.23 bits per heavy atom. The Labute approximate surface area is 137 Å². The molecule has 0 aliphatic carbocycles. The SMILES string of the molecule is C[C@@H](N)c1cc2cnccc2n1S(=O)(=O)c1ccc(Br)cc1. The maximum absolute atomic E-state index is 13.0. The minimum atomic E-state index is -3.73. The van der Waals surface area contributed by atoms with E-state index in [9.17, 15) is 8.42 Å². The standard InChI is InChI=1S/C15H14BrN3O2S/c1-10(17)15-8-11-9-18-7-6-14(11)19(15)22(20,21)13-4-2-12(16)3-5-13/h2-10H,17H2,1H3/t10-/m1/s1. The van der Waals surface area contributed by atoms with Gasteiger partial charge in [-0.3, -0.25) is 4.98 Å². The van der Waals surface area contributed by atoms with Crippen molar-refractivity contribution >= 4 is 36.9 Å². The summed E-state index contributed by atoms with van der Waals surface area (Å²) in [6.07, 6.45) is 3.20. The van der Waals surface area contributed by atoms with Gasteiger partial charge in [0.15, 0.2) is 0 Å². The number of fused-ring (bicyclic) bond motifs is 1. The molecular weight excluding hydrogens is 366 g/mol. The first kappa shape index (κ1) is 15.2. The van der Waals surface area contributed by atoms with Gasteiger partial charge in [-0.25, -0.2) is 12.4 Å². The zero-order valence-corrected chi connectivity index (χ0v) is 14.2. The van der Waals surface area contributed by atoms with Gasteiger partial charge in [-0.05, 0) is 43.3 Å². The van der Waals surface area contributed by atoms with Crippen molar-refractivity contribution in [2.24, 2.45) is 5.73 Å². The quantitative estimate of drug-likeness (QED) is 0.758. The molecule has 0 amide bonds. The van der Waals surface area contributed by atoms with Crippen molar-refractivity contribution < 1.29 is 8.42 Å². The summed E-state index contributed by atoms with van der Waals surface area (Å²) >= 11 is 3.31. The highest BCUT2D eigenvalue weighted by molar-refractivity contribution is 9.10. The highest BCUT2D eigenvalue weighted by atomic mass is 79.9. The van der Waals surface area contributed by atoms with Gasteiger partial charge in [-0.15, -0.1) is 0 Å². The van der Waals surface area contributed by atoms with E-state index in [2.05, 4.69) is 20.9 Å². The van der Waals surface area contributed by atoms with Crippen LogP contribution in [0.15, 0.2) is 58.2 Å². The van der Waals surface area contributed by atoms with Crippen LogP contribution in [0.5, 0.6) is 0 Å². The Bertz CT molecular complexity index is 931. The van der Waals surface area contributed by atoms with Crippen LogP contribution >= 0.6 is 15.9 Å². The van der Waals surface area contributed by atoms with Crippen LogP contribution in [0, 0.1) is 0 Å². The van der Waals surface area contributed by atoms with Crippen molar-refractivity contribution in [3.63, 3.8) is 0 Å². The molecule has 0 fully saturated rings. The maximum Gasteiger partial charge on any atom is 0.268 e. The van der Waals surface area contributed by atoms with Gasteiger partial charge in [-0.2, -0.15) is 0 Å². The molecule has 1 atom stereocenters. The number of rotatable bonds is 3. The molecule has 3 aromatic rings. The lowest BCUT2D eigenvalue weighted by Crippen LogP contribution is -2.19. The number of pyridine rings is 1. The van der Waals surface area contributed by atoms with Crippen LogP contribution in [-0.2, 0) is 10.0 Å². The second kappa shape index (κ2) is 5.49. The molecule has 1 aromatic carbocycles. The maximum atomic E-state index is 13.0. The fraction of sp³-hybridized carbons (Fsp3) is 0.133. The molecular formula is C15H14BrN3O2S. The van der Waals surface area contributed by atoms with E-state index in [-0.39, 0.29) is 4.90 Å². The second-order valence-electron chi connectivity index (χ2n) is 5.02. The van der Waals surface area contributed by atoms with E-state index >= 15 is 0 Å². The molecule has 0 unspecified atom stereocenters. The molecule has 0 saturated carbocycles. The Hall–Kier alpha value is -1.70. The normalized spacial score (nSPS) is 13.4. The van der Waals surface area contributed by atoms with Gasteiger partial charge in [0.25, 0.3) is 10.0 Å². The van der Waals surface area contributed by atoms with Gasteiger partial charge in [0.2, 0.25) is 0 Å². The molecule has 2 heterocycles. The summed E-state index contributed by atoms with van der Waals surface area (Å²) in [7, 11) is -3.73. The number of hydrogen-bond donors (Lipinski definition) is 1. The first-order valence-electron chi connectivity index (χ1n) is 6.63. The Kier molecular flexibility index (Phi) is 3.80. The van der Waals surface area contributed by atoms with Crippen LogP contribution < -0.4 is 5.73 Å². The van der Waals surface area contributed by atoms with Crippen molar-refractivity contribution in [2.75, 3.05) is 0 Å². The molecule has 0 radical (unpaired) electrons. The Balaban J connectivity index is 2.32. The number of nitrogens with zero attached hydrogens (tertiary/aromatic N) is 2. The smallest absolute Gasteiger partial charge is 0.268 e. The molecule has 5 nitrogen and oxygen atoms in total. The van der Waals surface area contributed by atoms with Crippen LogP contribution in [0.4, 0.5) is 0 Å². The molecule has 7 heteroatoms. The topological polar surface area (TPSA) is 78.0 Å². The molecule has 0 spiro atoms. The fourth-order valence-electron chi connectivity index (χ4n) is 2.35. The molecule has 3 rings (SSSR count). The van der Waals surface area contributed by atoms with E-state index in [1.165, 1.54) is 3.97 Å². The largest absolute Gasteiger partial charge is 0.323 e. The summed E-state index contributed by atoms with van der Waals surface area (Å²) in [5.74, 6) is 0. The van der Waals surface area contributed by atoms with Gasteiger partial charge in [0, 0.05) is 28.3 Å².